The van der Waals surface area contributed by atoms with Crippen molar-refractivity contribution in [2.45, 2.75) is 52.4 Å². The van der Waals surface area contributed by atoms with E-state index >= 15 is 0 Å². The van der Waals surface area contributed by atoms with Crippen LogP contribution in [-0.2, 0) is 60.2 Å². The van der Waals surface area contributed by atoms with E-state index in [1.165, 1.54) is 93.1 Å². The summed E-state index contributed by atoms with van der Waals surface area (Å²) in [4.78, 5) is 0. The number of benzene rings is 9. The van der Waals surface area contributed by atoms with Gasteiger partial charge in [-0.3, -0.25) is 6.08 Å². The molecule has 0 bridgehead atoms. The summed E-state index contributed by atoms with van der Waals surface area (Å²) in [5.74, 6) is 0.195. The van der Waals surface area contributed by atoms with E-state index in [0.717, 1.165) is 38.5 Å². The van der Waals surface area contributed by atoms with E-state index in [1.807, 2.05) is 0 Å². The van der Waals surface area contributed by atoms with Gasteiger partial charge in [0.05, 0.1) is 8.07 Å². The van der Waals surface area contributed by atoms with Gasteiger partial charge in [0, 0.05) is 21.7 Å². The Balaban J connectivity index is 0.00000212. The molecular formula is C67H62Cl3SiTi-. The second-order valence-electron chi connectivity index (χ2n) is 19.0. The second kappa shape index (κ2) is 26.3. The van der Waals surface area contributed by atoms with Crippen molar-refractivity contribution in [3.63, 3.8) is 0 Å². The first-order valence-electron chi connectivity index (χ1n) is 24.4. The zero-order chi connectivity index (χ0) is 46.1. The van der Waals surface area contributed by atoms with Crippen LogP contribution in [0.15, 0.2) is 253 Å². The molecule has 0 N–H and O–H groups in total. The number of hydrogen-bond donors (Lipinski definition) is 0. The molecule has 1 unspecified atom stereocenters. The van der Waals surface area contributed by atoms with Gasteiger partial charge in [-0.15, -0.1) is 37.2 Å². The fraction of sp³-hybridized carbons (Fsp3) is 0.134. The Hall–Kier alpha value is -5.74. The Bertz CT molecular complexity index is 2680. The maximum atomic E-state index is 3.97. The van der Waals surface area contributed by atoms with Gasteiger partial charge in [0.2, 0.25) is 0 Å². The van der Waals surface area contributed by atoms with Crippen molar-refractivity contribution in [2.75, 3.05) is 0 Å². The van der Waals surface area contributed by atoms with Crippen LogP contribution in [0.3, 0.4) is 0 Å². The topological polar surface area (TPSA) is 0 Å². The van der Waals surface area contributed by atoms with E-state index in [4.69, 9.17) is 0 Å². The quantitative estimate of drug-likeness (QED) is 0.0514. The molecule has 0 nitrogen and oxygen atoms in total. The average molecular weight is 1050 g/mol. The molecule has 0 radical (unpaired) electrons. The van der Waals surface area contributed by atoms with Crippen molar-refractivity contribution in [1.29, 1.82) is 0 Å². The van der Waals surface area contributed by atoms with Crippen LogP contribution in [-0.4, -0.2) is 8.07 Å². The van der Waals surface area contributed by atoms with E-state index in [9.17, 15) is 0 Å². The molecular weight excluding hydrogens is 987 g/mol. The Morgan fingerprint density at radius 1 is 0.319 bits per heavy atom. The first-order chi connectivity index (χ1) is 33.4. The van der Waals surface area contributed by atoms with E-state index in [2.05, 4.69) is 263 Å². The molecule has 9 aromatic rings. The second-order valence-corrected chi connectivity index (χ2v) is 22.7. The van der Waals surface area contributed by atoms with Gasteiger partial charge >= 0.3 is 0 Å². The molecule has 10 rings (SSSR count). The molecule has 0 saturated heterocycles. The third kappa shape index (κ3) is 13.5. The van der Waals surface area contributed by atoms with E-state index in [0.29, 0.717) is 0 Å². The summed E-state index contributed by atoms with van der Waals surface area (Å²) in [5.41, 5.74) is 17.3. The number of hydrogen-bond acceptors (Lipinski definition) is 0. The van der Waals surface area contributed by atoms with Crippen LogP contribution >= 0.6 is 37.2 Å². The predicted octanol–water partition coefficient (Wildman–Crippen LogP) is 14.8. The Morgan fingerprint density at radius 2 is 0.528 bits per heavy atom. The standard InChI is InChI=1S/C67H59Si.3ClH.Ti/c1-50-33-51(2)67(34-50)68(64-44-58(35-52-21-9-3-10-22-52)41-59(45-64)36-53-23-11-4-12-24-53,65-46-60(37-54-25-13-5-14-26-54)42-61(47-65)38-55-27-15-6-16-28-55)66-48-62(39-56-29-17-7-18-30-56)43-63(49-66)40-57-31-19-8-20-32-57;;;;/h3-32,34,41-50H,35-40H2,1-2H3;3*1H;/q-1;;;;. The van der Waals surface area contributed by atoms with Gasteiger partial charge in [-0.2, -0.15) is 11.3 Å². The Labute approximate surface area is 463 Å². The first kappa shape index (κ1) is 55.6. The molecule has 1 atom stereocenters. The van der Waals surface area contributed by atoms with Crippen LogP contribution in [0.4, 0.5) is 0 Å². The number of allylic oxidation sites excluding steroid dienone is 4. The molecule has 0 fully saturated rings. The molecule has 0 amide bonds. The fourth-order valence-electron chi connectivity index (χ4n) is 10.7. The van der Waals surface area contributed by atoms with Crippen LogP contribution in [0, 0.1) is 12.0 Å². The van der Waals surface area contributed by atoms with Crippen LogP contribution in [0.2, 0.25) is 0 Å². The van der Waals surface area contributed by atoms with Crippen LogP contribution in [0.25, 0.3) is 0 Å². The van der Waals surface area contributed by atoms with Gasteiger partial charge in [0.1, 0.15) is 0 Å². The molecule has 0 aliphatic heterocycles. The van der Waals surface area contributed by atoms with Gasteiger partial charge in [0.15, 0.2) is 0 Å². The van der Waals surface area contributed by atoms with Crippen LogP contribution in [0.1, 0.15) is 80.6 Å². The molecule has 0 spiro atoms. The minimum absolute atomic E-state index is 0. The number of halogens is 3. The van der Waals surface area contributed by atoms with Gasteiger partial charge in [-0.1, -0.05) is 272 Å². The summed E-state index contributed by atoms with van der Waals surface area (Å²) in [7, 11) is -3.23. The normalized spacial score (nSPS) is 12.8. The van der Waals surface area contributed by atoms with Crippen molar-refractivity contribution < 1.29 is 21.7 Å². The third-order valence-electron chi connectivity index (χ3n) is 13.6. The van der Waals surface area contributed by atoms with E-state index < -0.39 is 8.07 Å². The first-order valence-corrected chi connectivity index (χ1v) is 26.4. The maximum Gasteiger partial charge on any atom is 0.0994 e. The zero-order valence-electron chi connectivity index (χ0n) is 41.1. The summed E-state index contributed by atoms with van der Waals surface area (Å²) < 4.78 is 0. The summed E-state index contributed by atoms with van der Waals surface area (Å²) in [6.45, 7) is 4.66. The zero-order valence-corrected chi connectivity index (χ0v) is 46.1. The molecule has 72 heavy (non-hydrogen) atoms. The Morgan fingerprint density at radius 3 is 0.708 bits per heavy atom. The van der Waals surface area contributed by atoms with E-state index in [1.54, 1.807) is 0 Å². The van der Waals surface area contributed by atoms with Crippen molar-refractivity contribution in [2.24, 2.45) is 5.92 Å². The van der Waals surface area contributed by atoms with Gasteiger partial charge in [-0.25, -0.2) is 5.57 Å². The molecule has 9 aromatic carbocycles. The van der Waals surface area contributed by atoms with Crippen molar-refractivity contribution in [1.82, 2.24) is 0 Å². The van der Waals surface area contributed by atoms with Crippen molar-refractivity contribution in [3.8, 4) is 0 Å². The molecule has 0 aromatic heterocycles. The molecule has 360 valence electrons. The largest absolute Gasteiger partial charge is 0.267 e. The SMILES string of the molecule is CC1=[C-]C(C)C=C1[Si](c1cc(Cc2ccccc2)cc(Cc2ccccc2)c1)(c1cc(Cc2ccccc2)cc(Cc2ccccc2)c1)c1cc(Cc2ccccc2)cc(Cc2ccccc2)c1.Cl.Cl.Cl.[Ti]. The molecule has 1 aliphatic rings. The molecule has 1 aliphatic carbocycles. The third-order valence-corrected chi connectivity index (χ3v) is 18.4. The van der Waals surface area contributed by atoms with Crippen molar-refractivity contribution in [3.05, 3.63) is 326 Å². The average Bonchev–Trinajstić information content (AvgIpc) is 3.70. The maximum absolute atomic E-state index is 3.97. The smallest absolute Gasteiger partial charge is 0.0994 e. The summed E-state index contributed by atoms with van der Waals surface area (Å²) in [6.07, 6.45) is 11.7. The number of rotatable bonds is 16. The monoisotopic (exact) mass is 1050 g/mol. The van der Waals surface area contributed by atoms with Crippen LogP contribution < -0.4 is 15.6 Å². The minimum Gasteiger partial charge on any atom is -0.267 e. The van der Waals surface area contributed by atoms with Crippen LogP contribution in [0.5, 0.6) is 0 Å². The molecule has 0 saturated carbocycles. The van der Waals surface area contributed by atoms with E-state index in [-0.39, 0.29) is 64.9 Å². The predicted molar refractivity (Wildman–Crippen MR) is 311 cm³/mol. The summed E-state index contributed by atoms with van der Waals surface area (Å²) >= 11 is 0. The van der Waals surface area contributed by atoms with Gasteiger partial charge in [0.25, 0.3) is 0 Å². The van der Waals surface area contributed by atoms with Gasteiger partial charge < -0.3 is 0 Å². The fourth-order valence-corrected chi connectivity index (χ4v) is 16.2. The minimum atomic E-state index is -3.23. The molecule has 5 heteroatoms. The molecule has 0 heterocycles. The summed E-state index contributed by atoms with van der Waals surface area (Å²) in [5, 5.41) is 5.76. The summed E-state index contributed by atoms with van der Waals surface area (Å²) in [6, 6.07) is 89.4. The Kier molecular flexibility index (Phi) is 20.3. The van der Waals surface area contributed by atoms with Crippen molar-refractivity contribution >= 4 is 60.9 Å². The van der Waals surface area contributed by atoms with Gasteiger partial charge in [-0.05, 0) is 105 Å².